The molecule has 0 radical (unpaired) electrons. The summed E-state index contributed by atoms with van der Waals surface area (Å²) in [6, 6.07) is 8.19. The van der Waals surface area contributed by atoms with Gasteiger partial charge in [-0.1, -0.05) is 11.6 Å². The van der Waals surface area contributed by atoms with Crippen LogP contribution in [0.3, 0.4) is 0 Å². The SMILES string of the molecule is O=C(O)CCc1cn(S(=O)(=O)c2ccc(-c3cn[nH]c3)s2)c2ccc(Cl)cc12. The van der Waals surface area contributed by atoms with Crippen molar-refractivity contribution in [3.63, 3.8) is 0 Å². The number of aliphatic carboxylic acids is 1. The van der Waals surface area contributed by atoms with Gasteiger partial charge in [-0.2, -0.15) is 13.5 Å². The van der Waals surface area contributed by atoms with E-state index in [9.17, 15) is 13.2 Å². The molecule has 0 saturated heterocycles. The Morgan fingerprint density at radius 1 is 1.29 bits per heavy atom. The van der Waals surface area contributed by atoms with Crippen LogP contribution in [0, 0.1) is 0 Å². The molecule has 0 aliphatic rings. The molecule has 0 aliphatic carbocycles. The van der Waals surface area contributed by atoms with Crippen LogP contribution in [-0.2, 0) is 21.2 Å². The summed E-state index contributed by atoms with van der Waals surface area (Å²) in [5, 5.41) is 16.7. The van der Waals surface area contributed by atoms with Crippen molar-refractivity contribution in [2.75, 3.05) is 0 Å². The van der Waals surface area contributed by atoms with E-state index in [2.05, 4.69) is 10.2 Å². The van der Waals surface area contributed by atoms with Crippen molar-refractivity contribution in [3.05, 3.63) is 59.5 Å². The Morgan fingerprint density at radius 2 is 2.11 bits per heavy atom. The van der Waals surface area contributed by atoms with Crippen LogP contribution in [0.5, 0.6) is 0 Å². The fraction of sp³-hybridized carbons (Fsp3) is 0.111. The molecule has 0 fully saturated rings. The third kappa shape index (κ3) is 3.32. The van der Waals surface area contributed by atoms with E-state index in [1.165, 1.54) is 10.2 Å². The Labute approximate surface area is 169 Å². The van der Waals surface area contributed by atoms with Crippen molar-refractivity contribution in [3.8, 4) is 10.4 Å². The number of H-pyrrole nitrogens is 1. The molecule has 7 nitrogen and oxygen atoms in total. The van der Waals surface area contributed by atoms with E-state index in [0.29, 0.717) is 21.5 Å². The Kier molecular flexibility index (Phi) is 4.74. The quantitative estimate of drug-likeness (QED) is 0.476. The summed E-state index contributed by atoms with van der Waals surface area (Å²) in [5.41, 5.74) is 1.89. The van der Waals surface area contributed by atoms with Crippen molar-refractivity contribution >= 4 is 49.8 Å². The smallest absolute Gasteiger partial charge is 0.303 e. The third-order valence-electron chi connectivity index (χ3n) is 4.30. The minimum absolute atomic E-state index is 0.102. The highest BCUT2D eigenvalue weighted by molar-refractivity contribution is 7.92. The first-order valence-electron chi connectivity index (χ1n) is 8.22. The number of rotatable bonds is 6. The standard InChI is InChI=1S/C18H14ClN3O4S2/c19-13-2-3-15-14(7-13)11(1-5-17(23)24)10-22(15)28(25,26)18-6-4-16(27-18)12-8-20-21-9-12/h2-4,6-10H,1,5H2,(H,20,21)(H,23,24). The van der Waals surface area contributed by atoms with Crippen LogP contribution >= 0.6 is 22.9 Å². The average molecular weight is 436 g/mol. The second kappa shape index (κ2) is 7.08. The topological polar surface area (TPSA) is 105 Å². The number of fused-ring (bicyclic) bond motifs is 1. The Balaban J connectivity index is 1.82. The molecule has 0 spiro atoms. The molecule has 10 heteroatoms. The highest BCUT2D eigenvalue weighted by atomic mass is 35.5. The number of nitrogens with zero attached hydrogens (tertiary/aromatic N) is 2. The van der Waals surface area contributed by atoms with E-state index in [-0.39, 0.29) is 17.1 Å². The summed E-state index contributed by atoms with van der Waals surface area (Å²) in [4.78, 5) is 11.7. The molecule has 3 heterocycles. The van der Waals surface area contributed by atoms with E-state index in [0.717, 1.165) is 21.8 Å². The van der Waals surface area contributed by atoms with Crippen LogP contribution in [0.25, 0.3) is 21.3 Å². The van der Waals surface area contributed by atoms with Crippen LogP contribution in [0.1, 0.15) is 12.0 Å². The van der Waals surface area contributed by atoms with E-state index in [4.69, 9.17) is 16.7 Å². The molecule has 4 aromatic rings. The van der Waals surface area contributed by atoms with Gasteiger partial charge in [0.25, 0.3) is 10.0 Å². The van der Waals surface area contributed by atoms with Crippen molar-refractivity contribution in [1.82, 2.24) is 14.2 Å². The molecule has 1 aromatic carbocycles. The zero-order valence-corrected chi connectivity index (χ0v) is 16.7. The zero-order valence-electron chi connectivity index (χ0n) is 14.3. The molecular formula is C18H14ClN3O4S2. The number of carboxylic acids is 1. The number of benzene rings is 1. The van der Waals surface area contributed by atoms with Crippen LogP contribution < -0.4 is 0 Å². The molecule has 28 heavy (non-hydrogen) atoms. The average Bonchev–Trinajstić information content (AvgIpc) is 3.38. The molecule has 0 amide bonds. The van der Waals surface area contributed by atoms with Gasteiger partial charge >= 0.3 is 5.97 Å². The van der Waals surface area contributed by atoms with Gasteiger partial charge < -0.3 is 5.11 Å². The third-order valence-corrected chi connectivity index (χ3v) is 7.81. The van der Waals surface area contributed by atoms with Gasteiger partial charge in [0.2, 0.25) is 0 Å². The lowest BCUT2D eigenvalue weighted by Gasteiger charge is -2.05. The van der Waals surface area contributed by atoms with Gasteiger partial charge in [0.15, 0.2) is 0 Å². The van der Waals surface area contributed by atoms with Gasteiger partial charge in [0.05, 0.1) is 11.7 Å². The molecule has 0 bridgehead atoms. The number of aromatic amines is 1. The number of hydrogen-bond donors (Lipinski definition) is 2. The first kappa shape index (κ1) is 18.7. The van der Waals surface area contributed by atoms with Crippen molar-refractivity contribution in [1.29, 1.82) is 0 Å². The van der Waals surface area contributed by atoms with E-state index >= 15 is 0 Å². The van der Waals surface area contributed by atoms with E-state index in [1.54, 1.807) is 42.7 Å². The van der Waals surface area contributed by atoms with E-state index < -0.39 is 16.0 Å². The summed E-state index contributed by atoms with van der Waals surface area (Å²) in [5.74, 6) is -0.950. The van der Waals surface area contributed by atoms with Crippen LogP contribution in [-0.4, -0.2) is 33.7 Å². The summed E-state index contributed by atoms with van der Waals surface area (Å²) in [6.07, 6.45) is 4.91. The van der Waals surface area contributed by atoms with Gasteiger partial charge in [-0.3, -0.25) is 9.89 Å². The first-order chi connectivity index (χ1) is 13.4. The number of aryl methyl sites for hydroxylation is 1. The Morgan fingerprint density at radius 3 is 2.82 bits per heavy atom. The summed E-state index contributed by atoms with van der Waals surface area (Å²) in [7, 11) is -3.85. The number of hydrogen-bond acceptors (Lipinski definition) is 5. The van der Waals surface area contributed by atoms with Gasteiger partial charge in [-0.05, 0) is 42.3 Å². The molecule has 3 aromatic heterocycles. The summed E-state index contributed by atoms with van der Waals surface area (Å²) < 4.78 is 27.9. The largest absolute Gasteiger partial charge is 0.481 e. The lowest BCUT2D eigenvalue weighted by molar-refractivity contribution is -0.136. The second-order valence-electron chi connectivity index (χ2n) is 6.12. The maximum atomic E-state index is 13.3. The van der Waals surface area contributed by atoms with Gasteiger partial charge in [-0.15, -0.1) is 11.3 Å². The number of aromatic nitrogens is 3. The van der Waals surface area contributed by atoms with Crippen molar-refractivity contribution in [2.45, 2.75) is 17.1 Å². The molecule has 2 N–H and O–H groups in total. The number of nitrogens with one attached hydrogen (secondary N) is 1. The van der Waals surface area contributed by atoms with Gasteiger partial charge in [-0.25, -0.2) is 3.97 Å². The first-order valence-corrected chi connectivity index (χ1v) is 10.9. The number of carbonyl (C=O) groups is 1. The number of halogens is 1. The molecule has 144 valence electrons. The molecule has 0 saturated carbocycles. The fourth-order valence-corrected chi connectivity index (χ4v) is 5.91. The van der Waals surface area contributed by atoms with Crippen molar-refractivity contribution in [2.24, 2.45) is 0 Å². The van der Waals surface area contributed by atoms with Gasteiger partial charge in [0.1, 0.15) is 4.21 Å². The van der Waals surface area contributed by atoms with Crippen LogP contribution in [0.2, 0.25) is 5.02 Å². The minimum atomic E-state index is -3.85. The van der Waals surface area contributed by atoms with Crippen LogP contribution in [0.4, 0.5) is 0 Å². The Bertz CT molecular complexity index is 1270. The molecule has 0 unspecified atom stereocenters. The van der Waals surface area contributed by atoms with E-state index in [1.807, 2.05) is 0 Å². The highest BCUT2D eigenvalue weighted by Gasteiger charge is 2.24. The molecule has 0 atom stereocenters. The monoisotopic (exact) mass is 435 g/mol. The maximum Gasteiger partial charge on any atom is 0.303 e. The molecular weight excluding hydrogens is 422 g/mol. The lowest BCUT2D eigenvalue weighted by atomic mass is 10.1. The Hall–Kier alpha value is -2.62. The van der Waals surface area contributed by atoms with Crippen molar-refractivity contribution < 1.29 is 18.3 Å². The molecule has 0 aliphatic heterocycles. The van der Waals surface area contributed by atoms with Gasteiger partial charge in [0, 0.05) is 39.7 Å². The predicted octanol–water partition coefficient (Wildman–Crippen LogP) is 4.00. The second-order valence-corrected chi connectivity index (χ2v) is 9.68. The zero-order chi connectivity index (χ0) is 19.9. The summed E-state index contributed by atoms with van der Waals surface area (Å²) in [6.45, 7) is 0. The minimum Gasteiger partial charge on any atom is -0.481 e. The predicted molar refractivity (Wildman–Crippen MR) is 107 cm³/mol. The highest BCUT2D eigenvalue weighted by Crippen LogP contribution is 2.34. The number of carboxylic acid groups (broad SMARTS) is 1. The maximum absolute atomic E-state index is 13.3. The normalized spacial score (nSPS) is 11.9. The summed E-state index contributed by atoms with van der Waals surface area (Å²) >= 11 is 7.22. The lowest BCUT2D eigenvalue weighted by Crippen LogP contribution is -2.10. The molecule has 4 rings (SSSR count). The number of thiophene rings is 1. The fourth-order valence-electron chi connectivity index (χ4n) is 2.97. The van der Waals surface area contributed by atoms with Crippen LogP contribution in [0.15, 0.2) is 53.1 Å².